The van der Waals surface area contributed by atoms with Crippen LogP contribution in [0.5, 0.6) is 0 Å². The molecule has 1 amide bonds. The number of carbonyl (C=O) groups excluding carboxylic acids is 1. The van der Waals surface area contributed by atoms with Gasteiger partial charge in [0.2, 0.25) is 0 Å². The summed E-state index contributed by atoms with van der Waals surface area (Å²) in [5.74, 6) is 0.246. The highest BCUT2D eigenvalue weighted by Crippen LogP contribution is 2.16. The van der Waals surface area contributed by atoms with E-state index in [4.69, 9.17) is 5.73 Å². The Bertz CT molecular complexity index is 547. The van der Waals surface area contributed by atoms with Crippen molar-refractivity contribution in [3.63, 3.8) is 0 Å². The Morgan fingerprint density at radius 1 is 1.50 bits per heavy atom. The summed E-state index contributed by atoms with van der Waals surface area (Å²) in [7, 11) is 0. The summed E-state index contributed by atoms with van der Waals surface area (Å²) < 4.78 is 0. The molecule has 0 fully saturated rings. The van der Waals surface area contributed by atoms with Crippen molar-refractivity contribution in [2.45, 2.75) is 19.9 Å². The molecule has 2 aromatic rings. The van der Waals surface area contributed by atoms with Gasteiger partial charge in [-0.3, -0.25) is 4.79 Å². The molecule has 2 heterocycles. The number of nitrogens with one attached hydrogen (secondary N) is 1. The molecule has 3 N–H and O–H groups in total. The average Bonchev–Trinajstić information content (AvgIpc) is 2.81. The lowest BCUT2D eigenvalue weighted by atomic mass is 10.3. The second-order valence-corrected chi connectivity index (χ2v) is 4.92. The third-order valence-electron chi connectivity index (χ3n) is 2.30. The summed E-state index contributed by atoms with van der Waals surface area (Å²) in [5, 5.41) is 5.13. The molecule has 0 aliphatic carbocycles. The predicted molar refractivity (Wildman–Crippen MR) is 71.6 cm³/mol. The molecule has 1 unspecified atom stereocenters. The van der Waals surface area contributed by atoms with Crippen LogP contribution >= 0.6 is 11.3 Å². The smallest absolute Gasteiger partial charge is 0.276 e. The SMILES string of the molecule is Cc1ccc(NC(=O)c2csc(C(C)N)n2)nc1. The number of carbonyl (C=O) groups is 1. The van der Waals surface area contributed by atoms with Crippen LogP contribution < -0.4 is 11.1 Å². The summed E-state index contributed by atoms with van der Waals surface area (Å²) in [6.07, 6.45) is 1.70. The number of rotatable bonds is 3. The molecule has 1 atom stereocenters. The lowest BCUT2D eigenvalue weighted by molar-refractivity contribution is 0.102. The van der Waals surface area contributed by atoms with Crippen LogP contribution in [0.15, 0.2) is 23.7 Å². The van der Waals surface area contributed by atoms with E-state index in [9.17, 15) is 4.79 Å². The summed E-state index contributed by atoms with van der Waals surface area (Å²) in [5.41, 5.74) is 7.11. The van der Waals surface area contributed by atoms with Gasteiger partial charge in [-0.25, -0.2) is 9.97 Å². The van der Waals surface area contributed by atoms with Gasteiger partial charge in [0.25, 0.3) is 5.91 Å². The number of pyridine rings is 1. The van der Waals surface area contributed by atoms with Gasteiger partial charge in [0.05, 0.1) is 6.04 Å². The van der Waals surface area contributed by atoms with Crippen LogP contribution in [0.2, 0.25) is 0 Å². The van der Waals surface area contributed by atoms with Crippen molar-refractivity contribution in [2.24, 2.45) is 5.73 Å². The van der Waals surface area contributed by atoms with Crippen LogP contribution in [-0.4, -0.2) is 15.9 Å². The van der Waals surface area contributed by atoms with Crippen molar-refractivity contribution in [1.29, 1.82) is 0 Å². The Kier molecular flexibility index (Phi) is 3.69. The minimum absolute atomic E-state index is 0.158. The lowest BCUT2D eigenvalue weighted by Crippen LogP contribution is -2.14. The molecule has 0 bridgehead atoms. The number of nitrogens with two attached hydrogens (primary N) is 1. The van der Waals surface area contributed by atoms with Crippen LogP contribution in [0.1, 0.15) is 34.0 Å². The molecular weight excluding hydrogens is 248 g/mol. The number of nitrogens with zero attached hydrogens (tertiary/aromatic N) is 2. The number of aromatic nitrogens is 2. The molecule has 18 heavy (non-hydrogen) atoms. The van der Waals surface area contributed by atoms with Gasteiger partial charge >= 0.3 is 0 Å². The maximum absolute atomic E-state index is 11.9. The van der Waals surface area contributed by atoms with Crippen molar-refractivity contribution in [2.75, 3.05) is 5.32 Å². The minimum Gasteiger partial charge on any atom is -0.322 e. The molecule has 2 rings (SSSR count). The molecule has 0 saturated carbocycles. The first kappa shape index (κ1) is 12.7. The average molecular weight is 262 g/mol. The van der Waals surface area contributed by atoms with Crippen molar-refractivity contribution in [3.8, 4) is 0 Å². The van der Waals surface area contributed by atoms with Gasteiger partial charge in [0, 0.05) is 11.6 Å². The molecule has 0 aromatic carbocycles. The first-order valence-corrected chi connectivity index (χ1v) is 6.39. The summed E-state index contributed by atoms with van der Waals surface area (Å²) in [6, 6.07) is 3.48. The van der Waals surface area contributed by atoms with Crippen molar-refractivity contribution in [1.82, 2.24) is 9.97 Å². The van der Waals surface area contributed by atoms with E-state index < -0.39 is 0 Å². The van der Waals surface area contributed by atoms with E-state index in [1.165, 1.54) is 11.3 Å². The highest BCUT2D eigenvalue weighted by atomic mass is 32.1. The zero-order valence-corrected chi connectivity index (χ0v) is 11.0. The van der Waals surface area contributed by atoms with Gasteiger partial charge in [-0.1, -0.05) is 6.07 Å². The van der Waals surface area contributed by atoms with E-state index >= 15 is 0 Å². The fourth-order valence-electron chi connectivity index (χ4n) is 1.32. The number of amides is 1. The quantitative estimate of drug-likeness (QED) is 0.887. The third-order valence-corrected chi connectivity index (χ3v) is 3.34. The Hall–Kier alpha value is -1.79. The van der Waals surface area contributed by atoms with Crippen LogP contribution in [0.4, 0.5) is 5.82 Å². The second kappa shape index (κ2) is 5.24. The standard InChI is InChI=1S/C12H14N4OS/c1-7-3-4-10(14-5-7)16-11(17)9-6-18-12(15-9)8(2)13/h3-6,8H,13H2,1-2H3,(H,14,16,17). The van der Waals surface area contributed by atoms with E-state index in [0.29, 0.717) is 11.5 Å². The molecule has 6 heteroatoms. The van der Waals surface area contributed by atoms with Crippen molar-refractivity contribution in [3.05, 3.63) is 40.0 Å². The highest BCUT2D eigenvalue weighted by Gasteiger charge is 2.13. The molecule has 5 nitrogen and oxygen atoms in total. The van der Waals surface area contributed by atoms with Gasteiger partial charge in [0.1, 0.15) is 16.5 Å². The fraction of sp³-hybridized carbons (Fsp3) is 0.250. The fourth-order valence-corrected chi connectivity index (χ4v) is 2.08. The van der Waals surface area contributed by atoms with Gasteiger partial charge in [0.15, 0.2) is 0 Å². The summed E-state index contributed by atoms with van der Waals surface area (Å²) in [4.78, 5) is 20.2. The Morgan fingerprint density at radius 3 is 2.83 bits per heavy atom. The molecule has 94 valence electrons. The normalized spacial score (nSPS) is 12.2. The number of hydrogen-bond donors (Lipinski definition) is 2. The second-order valence-electron chi connectivity index (χ2n) is 4.03. The van der Waals surface area contributed by atoms with Crippen LogP contribution in [0.3, 0.4) is 0 Å². The lowest BCUT2D eigenvalue weighted by Gasteiger charge is -2.02. The van der Waals surface area contributed by atoms with Crippen molar-refractivity contribution < 1.29 is 4.79 Å². The molecule has 0 aliphatic heterocycles. The van der Waals surface area contributed by atoms with Gasteiger partial charge < -0.3 is 11.1 Å². The van der Waals surface area contributed by atoms with Gasteiger partial charge in [-0.05, 0) is 25.5 Å². The molecular formula is C12H14N4OS. The van der Waals surface area contributed by atoms with E-state index in [1.54, 1.807) is 17.6 Å². The van der Waals surface area contributed by atoms with Crippen LogP contribution in [0, 0.1) is 6.92 Å². The molecule has 2 aromatic heterocycles. The molecule has 0 aliphatic rings. The summed E-state index contributed by atoms with van der Waals surface area (Å²) >= 11 is 1.38. The zero-order valence-electron chi connectivity index (χ0n) is 10.2. The highest BCUT2D eigenvalue weighted by molar-refractivity contribution is 7.09. The Balaban J connectivity index is 2.09. The predicted octanol–water partition coefficient (Wildman–Crippen LogP) is 2.12. The largest absolute Gasteiger partial charge is 0.322 e. The maximum Gasteiger partial charge on any atom is 0.276 e. The topological polar surface area (TPSA) is 80.9 Å². The first-order valence-electron chi connectivity index (χ1n) is 5.51. The Morgan fingerprint density at radius 2 is 2.28 bits per heavy atom. The Labute approximate surface area is 109 Å². The van der Waals surface area contributed by atoms with E-state index in [0.717, 1.165) is 10.6 Å². The van der Waals surface area contributed by atoms with Crippen molar-refractivity contribution >= 4 is 23.1 Å². The van der Waals surface area contributed by atoms with E-state index in [1.807, 2.05) is 19.9 Å². The van der Waals surface area contributed by atoms with E-state index in [2.05, 4.69) is 15.3 Å². The monoisotopic (exact) mass is 262 g/mol. The van der Waals surface area contributed by atoms with Gasteiger partial charge in [-0.15, -0.1) is 11.3 Å². The number of anilines is 1. The first-order chi connectivity index (χ1) is 8.56. The third kappa shape index (κ3) is 2.91. The summed E-state index contributed by atoms with van der Waals surface area (Å²) in [6.45, 7) is 3.77. The van der Waals surface area contributed by atoms with Crippen LogP contribution in [0.25, 0.3) is 0 Å². The number of hydrogen-bond acceptors (Lipinski definition) is 5. The zero-order chi connectivity index (χ0) is 13.1. The van der Waals surface area contributed by atoms with Crippen LogP contribution in [-0.2, 0) is 0 Å². The molecule has 0 saturated heterocycles. The van der Waals surface area contributed by atoms with Gasteiger partial charge in [-0.2, -0.15) is 0 Å². The number of thiazole rings is 1. The number of aryl methyl sites for hydroxylation is 1. The molecule has 0 spiro atoms. The van der Waals surface area contributed by atoms with E-state index in [-0.39, 0.29) is 11.9 Å². The minimum atomic E-state index is -0.269. The maximum atomic E-state index is 11.9. The molecule has 0 radical (unpaired) electrons.